The Labute approximate surface area is 211 Å². The van der Waals surface area contributed by atoms with Crippen LogP contribution in [-0.2, 0) is 4.79 Å². The maximum absolute atomic E-state index is 11.4. The van der Waals surface area contributed by atoms with Crippen LogP contribution in [0.1, 0.15) is 30.5 Å². The molecule has 1 saturated heterocycles. The van der Waals surface area contributed by atoms with Gasteiger partial charge >= 0.3 is 0 Å². The number of hydrogen-bond donors (Lipinski definition) is 2. The lowest BCUT2D eigenvalue weighted by Crippen LogP contribution is -2.29. The number of nitrogens with one attached hydrogen (secondary N) is 2. The first-order chi connectivity index (χ1) is 17.4. The van der Waals surface area contributed by atoms with Gasteiger partial charge < -0.3 is 20.0 Å². The lowest BCUT2D eigenvalue weighted by atomic mass is 10.0. The van der Waals surface area contributed by atoms with Crippen LogP contribution in [0.25, 0.3) is 11.3 Å². The molecular weight excluding hydrogens is 478 g/mol. The number of carbonyl (C=O) groups is 1. The van der Waals surface area contributed by atoms with Crippen LogP contribution in [0.2, 0.25) is 0 Å². The van der Waals surface area contributed by atoms with Crippen molar-refractivity contribution >= 4 is 40.3 Å². The molecule has 9 nitrogen and oxygen atoms in total. The molecule has 2 unspecified atom stereocenters. The average Bonchev–Trinajstić information content (AvgIpc) is 3.49. The number of pyridine rings is 1. The van der Waals surface area contributed by atoms with E-state index in [4.69, 9.17) is 16.6 Å². The van der Waals surface area contributed by atoms with E-state index in [1.54, 1.807) is 18.3 Å². The molecular formula is C26H21N5O4S. The fraction of sp³-hybridized carbons (Fsp3) is 0.115. The number of nitro groups is 1. The molecule has 3 heterocycles. The quantitative estimate of drug-likeness (QED) is 0.206. The monoisotopic (exact) mass is 499 g/mol. The molecule has 180 valence electrons. The highest BCUT2D eigenvalue weighted by Gasteiger charge is 2.42. The zero-order valence-electron chi connectivity index (χ0n) is 19.1. The summed E-state index contributed by atoms with van der Waals surface area (Å²) in [6.45, 7) is 1.46. The van der Waals surface area contributed by atoms with Gasteiger partial charge in [0.25, 0.3) is 5.69 Å². The molecule has 5 rings (SSSR count). The number of benzene rings is 2. The summed E-state index contributed by atoms with van der Waals surface area (Å²) in [7, 11) is 0. The van der Waals surface area contributed by atoms with Crippen LogP contribution in [0.3, 0.4) is 0 Å². The van der Waals surface area contributed by atoms with E-state index < -0.39 is 4.92 Å². The molecule has 1 aliphatic heterocycles. The average molecular weight is 500 g/mol. The number of amides is 1. The summed E-state index contributed by atoms with van der Waals surface area (Å²) >= 11 is 5.73. The third-order valence-corrected chi connectivity index (χ3v) is 6.16. The summed E-state index contributed by atoms with van der Waals surface area (Å²) < 4.78 is 6.29. The highest BCUT2D eigenvalue weighted by Crippen LogP contribution is 2.43. The van der Waals surface area contributed by atoms with Gasteiger partial charge in [-0.05, 0) is 72.9 Å². The number of hydrogen-bond acceptors (Lipinski definition) is 6. The second-order valence-electron chi connectivity index (χ2n) is 8.23. The van der Waals surface area contributed by atoms with Crippen molar-refractivity contribution in [2.24, 2.45) is 0 Å². The molecule has 1 aliphatic rings. The van der Waals surface area contributed by atoms with Crippen molar-refractivity contribution in [1.29, 1.82) is 0 Å². The summed E-state index contributed by atoms with van der Waals surface area (Å²) in [5.41, 5.74) is 3.04. The molecule has 10 heteroatoms. The van der Waals surface area contributed by atoms with Crippen LogP contribution in [0.15, 0.2) is 89.5 Å². The number of furan rings is 1. The van der Waals surface area contributed by atoms with Gasteiger partial charge in [0.2, 0.25) is 5.91 Å². The number of non-ortho nitro benzene ring substituents is 1. The second-order valence-corrected chi connectivity index (χ2v) is 8.62. The zero-order chi connectivity index (χ0) is 25.2. The van der Waals surface area contributed by atoms with Gasteiger partial charge in [-0.1, -0.05) is 6.07 Å². The molecule has 0 bridgehead atoms. The number of carbonyl (C=O) groups excluding carboxylic acids is 1. The Balaban J connectivity index is 1.53. The highest BCUT2D eigenvalue weighted by molar-refractivity contribution is 7.80. The lowest BCUT2D eigenvalue weighted by Gasteiger charge is -2.26. The first-order valence-electron chi connectivity index (χ1n) is 11.1. The van der Waals surface area contributed by atoms with E-state index in [1.165, 1.54) is 19.1 Å². The third-order valence-electron chi connectivity index (χ3n) is 5.84. The van der Waals surface area contributed by atoms with Crippen molar-refractivity contribution in [1.82, 2.24) is 10.3 Å². The number of rotatable bonds is 6. The molecule has 2 N–H and O–H groups in total. The number of anilines is 2. The smallest absolute Gasteiger partial charge is 0.269 e. The fourth-order valence-electron chi connectivity index (χ4n) is 4.24. The second kappa shape index (κ2) is 9.59. The van der Waals surface area contributed by atoms with Crippen molar-refractivity contribution in [2.45, 2.75) is 19.0 Å². The Morgan fingerprint density at radius 3 is 2.47 bits per heavy atom. The molecule has 0 radical (unpaired) electrons. The Kier molecular flexibility index (Phi) is 6.17. The van der Waals surface area contributed by atoms with Crippen molar-refractivity contribution < 1.29 is 14.1 Å². The van der Waals surface area contributed by atoms with E-state index in [2.05, 4.69) is 15.6 Å². The van der Waals surface area contributed by atoms with Gasteiger partial charge in [-0.2, -0.15) is 0 Å². The molecule has 2 atom stereocenters. The molecule has 1 fully saturated rings. The maximum Gasteiger partial charge on any atom is 0.269 e. The topological polar surface area (TPSA) is 114 Å². The van der Waals surface area contributed by atoms with E-state index in [-0.39, 0.29) is 23.7 Å². The van der Waals surface area contributed by atoms with Crippen molar-refractivity contribution in [2.75, 3.05) is 10.2 Å². The molecule has 0 saturated carbocycles. The van der Waals surface area contributed by atoms with Crippen molar-refractivity contribution in [3.8, 4) is 11.3 Å². The number of thiocarbonyl (C=S) groups is 1. The number of nitro benzene ring substituents is 1. The van der Waals surface area contributed by atoms with Crippen molar-refractivity contribution in [3.05, 3.63) is 107 Å². The molecule has 0 aliphatic carbocycles. The normalized spacial score (nSPS) is 17.0. The molecule has 1 amide bonds. The molecule has 2 aromatic heterocycles. The van der Waals surface area contributed by atoms with Crippen LogP contribution >= 0.6 is 12.2 Å². The summed E-state index contributed by atoms with van der Waals surface area (Å²) in [6.07, 6.45) is 1.73. The Morgan fingerprint density at radius 1 is 1.08 bits per heavy atom. The van der Waals surface area contributed by atoms with Crippen LogP contribution in [-0.4, -0.2) is 20.9 Å². The van der Waals surface area contributed by atoms with Crippen molar-refractivity contribution in [3.63, 3.8) is 0 Å². The summed E-state index contributed by atoms with van der Waals surface area (Å²) in [5, 5.41) is 17.7. The molecule has 4 aromatic rings. The fourth-order valence-corrected chi connectivity index (χ4v) is 4.59. The first kappa shape index (κ1) is 23.2. The van der Waals surface area contributed by atoms with Crippen LogP contribution in [0.4, 0.5) is 17.1 Å². The van der Waals surface area contributed by atoms with E-state index in [9.17, 15) is 14.9 Å². The minimum atomic E-state index is -0.435. The summed E-state index contributed by atoms with van der Waals surface area (Å²) in [6, 6.07) is 22.4. The molecule has 36 heavy (non-hydrogen) atoms. The Hall–Kier alpha value is -4.57. The SMILES string of the molecule is CC(=O)Nc1ccc(N2C(=S)NC(c3ccccn3)C2c2ccc(-c3ccc([N+](=O)[O-])cc3)o2)cc1. The van der Waals surface area contributed by atoms with E-state index in [1.807, 2.05) is 59.5 Å². The van der Waals surface area contributed by atoms with Gasteiger partial charge in [0.1, 0.15) is 17.6 Å². The third kappa shape index (κ3) is 4.53. The largest absolute Gasteiger partial charge is 0.459 e. The highest BCUT2D eigenvalue weighted by atomic mass is 32.1. The Bertz CT molecular complexity index is 1420. The predicted octanol–water partition coefficient (Wildman–Crippen LogP) is 5.39. The lowest BCUT2D eigenvalue weighted by molar-refractivity contribution is -0.384. The number of nitrogens with zero attached hydrogens (tertiary/aromatic N) is 3. The van der Waals surface area contributed by atoms with E-state index >= 15 is 0 Å². The van der Waals surface area contributed by atoms with Gasteiger partial charge in [-0.25, -0.2) is 0 Å². The van der Waals surface area contributed by atoms with Gasteiger partial charge in [0, 0.05) is 42.2 Å². The van der Waals surface area contributed by atoms with Crippen LogP contribution in [0.5, 0.6) is 0 Å². The molecule has 2 aromatic carbocycles. The minimum Gasteiger partial charge on any atom is -0.459 e. The van der Waals surface area contributed by atoms with Crippen LogP contribution in [0, 0.1) is 10.1 Å². The summed E-state index contributed by atoms with van der Waals surface area (Å²) in [5.74, 6) is 1.08. The van der Waals surface area contributed by atoms with E-state index in [0.717, 1.165) is 16.9 Å². The zero-order valence-corrected chi connectivity index (χ0v) is 19.9. The van der Waals surface area contributed by atoms with Crippen LogP contribution < -0.4 is 15.5 Å². The van der Waals surface area contributed by atoms with Gasteiger partial charge in [-0.15, -0.1) is 0 Å². The standard InChI is InChI=1S/C26H21N5O4S/c1-16(32)28-18-7-11-19(12-8-18)30-25(24(29-26(30)36)21-4-2-3-15-27-21)23-14-13-22(35-23)17-5-9-20(10-6-17)31(33)34/h2-15,24-25H,1H3,(H,28,32)(H,29,36). The predicted molar refractivity (Wildman–Crippen MR) is 139 cm³/mol. The van der Waals surface area contributed by atoms with Gasteiger partial charge in [0.05, 0.1) is 16.7 Å². The van der Waals surface area contributed by atoms with Gasteiger partial charge in [-0.3, -0.25) is 19.9 Å². The number of aromatic nitrogens is 1. The minimum absolute atomic E-state index is 0.0139. The first-order valence-corrected chi connectivity index (χ1v) is 11.5. The van der Waals surface area contributed by atoms with E-state index in [0.29, 0.717) is 22.3 Å². The maximum atomic E-state index is 11.4. The van der Waals surface area contributed by atoms with Gasteiger partial charge in [0.15, 0.2) is 5.11 Å². The molecule has 0 spiro atoms. The Morgan fingerprint density at radius 2 is 1.83 bits per heavy atom. The summed E-state index contributed by atoms with van der Waals surface area (Å²) in [4.78, 5) is 28.5.